The summed E-state index contributed by atoms with van der Waals surface area (Å²) in [5.74, 6) is -2.12. The van der Waals surface area contributed by atoms with Gasteiger partial charge in [0.25, 0.3) is 0 Å². The largest absolute Gasteiger partial charge is 0.495 e. The zero-order chi connectivity index (χ0) is 14.9. The first-order valence-corrected chi connectivity index (χ1v) is 5.95. The minimum Gasteiger partial charge on any atom is -0.495 e. The van der Waals surface area contributed by atoms with E-state index in [-0.39, 0.29) is 30.2 Å². The number of ether oxygens (including phenoxy) is 1. The molecular formula is C13H14N2O5. The number of benzene rings is 1. The van der Waals surface area contributed by atoms with Crippen molar-refractivity contribution < 1.29 is 24.2 Å². The molecule has 1 fully saturated rings. The van der Waals surface area contributed by atoms with Crippen molar-refractivity contribution in [2.75, 3.05) is 18.6 Å². The van der Waals surface area contributed by atoms with Crippen LogP contribution in [0.5, 0.6) is 5.75 Å². The molecule has 20 heavy (non-hydrogen) atoms. The highest BCUT2D eigenvalue weighted by Crippen LogP contribution is 2.33. The summed E-state index contributed by atoms with van der Waals surface area (Å²) < 4.78 is 5.12. The molecule has 0 aromatic heterocycles. The number of primary amides is 1. The number of anilines is 1. The summed E-state index contributed by atoms with van der Waals surface area (Å²) in [5.41, 5.74) is 5.70. The van der Waals surface area contributed by atoms with Gasteiger partial charge in [-0.25, -0.2) is 4.79 Å². The van der Waals surface area contributed by atoms with Crippen molar-refractivity contribution in [3.63, 3.8) is 0 Å². The molecule has 0 saturated carbocycles. The van der Waals surface area contributed by atoms with Gasteiger partial charge in [0.05, 0.1) is 24.3 Å². The maximum Gasteiger partial charge on any atom is 0.335 e. The van der Waals surface area contributed by atoms with Gasteiger partial charge in [-0.05, 0) is 18.2 Å². The van der Waals surface area contributed by atoms with E-state index < -0.39 is 17.8 Å². The standard InChI is InChI=1S/C13H14N2O5/c1-20-10-4-7(13(18)19)2-3-9(10)15-6-8(12(14)17)5-11(15)16/h2-4,8H,5-6H2,1H3,(H2,14,17)(H,18,19). The van der Waals surface area contributed by atoms with Crippen LogP contribution in [0.1, 0.15) is 16.8 Å². The molecule has 0 aliphatic carbocycles. The van der Waals surface area contributed by atoms with Crippen molar-refractivity contribution in [3.05, 3.63) is 23.8 Å². The fourth-order valence-corrected chi connectivity index (χ4v) is 2.16. The van der Waals surface area contributed by atoms with Crippen LogP contribution in [0.25, 0.3) is 0 Å². The van der Waals surface area contributed by atoms with Crippen molar-refractivity contribution in [2.24, 2.45) is 11.7 Å². The Bertz CT molecular complexity index is 584. The Morgan fingerprint density at radius 3 is 2.65 bits per heavy atom. The van der Waals surface area contributed by atoms with Crippen LogP contribution in [0.15, 0.2) is 18.2 Å². The Labute approximate surface area is 114 Å². The minimum absolute atomic E-state index is 0.0547. The third-order valence-electron chi connectivity index (χ3n) is 3.24. The molecule has 1 aliphatic heterocycles. The Kier molecular flexibility index (Phi) is 3.60. The zero-order valence-corrected chi connectivity index (χ0v) is 10.8. The Morgan fingerprint density at radius 2 is 2.15 bits per heavy atom. The summed E-state index contributed by atoms with van der Waals surface area (Å²) in [4.78, 5) is 35.4. The van der Waals surface area contributed by atoms with Gasteiger partial charge in [0.2, 0.25) is 11.8 Å². The van der Waals surface area contributed by atoms with Crippen LogP contribution < -0.4 is 15.4 Å². The second kappa shape index (κ2) is 5.20. The lowest BCUT2D eigenvalue weighted by atomic mass is 10.1. The first-order chi connectivity index (χ1) is 9.43. The number of hydrogen-bond donors (Lipinski definition) is 2. The number of carbonyl (C=O) groups is 3. The van der Waals surface area contributed by atoms with Gasteiger partial charge in [-0.3, -0.25) is 9.59 Å². The first-order valence-electron chi connectivity index (χ1n) is 5.95. The van der Waals surface area contributed by atoms with E-state index in [1.165, 1.54) is 30.2 Å². The predicted octanol–water partition coefficient (Wildman–Crippen LogP) is 0.232. The summed E-state index contributed by atoms with van der Waals surface area (Å²) >= 11 is 0. The van der Waals surface area contributed by atoms with Crippen LogP contribution in [-0.2, 0) is 9.59 Å². The molecule has 3 N–H and O–H groups in total. The first kappa shape index (κ1) is 13.9. The van der Waals surface area contributed by atoms with Gasteiger partial charge in [-0.2, -0.15) is 0 Å². The molecule has 1 unspecified atom stereocenters. The molecule has 0 radical (unpaired) electrons. The van der Waals surface area contributed by atoms with E-state index in [1.54, 1.807) is 0 Å². The number of methoxy groups -OCH3 is 1. The number of aromatic carboxylic acids is 1. The minimum atomic E-state index is -1.09. The second-order valence-electron chi connectivity index (χ2n) is 4.50. The second-order valence-corrected chi connectivity index (χ2v) is 4.50. The van der Waals surface area contributed by atoms with Crippen LogP contribution in [0.4, 0.5) is 5.69 Å². The van der Waals surface area contributed by atoms with Crippen LogP contribution in [-0.4, -0.2) is 36.5 Å². The molecule has 0 bridgehead atoms. The van der Waals surface area contributed by atoms with Crippen LogP contribution in [0.2, 0.25) is 0 Å². The maximum absolute atomic E-state index is 11.9. The monoisotopic (exact) mass is 278 g/mol. The lowest BCUT2D eigenvalue weighted by Crippen LogP contribution is -2.28. The highest BCUT2D eigenvalue weighted by atomic mass is 16.5. The van der Waals surface area contributed by atoms with Crippen molar-refractivity contribution in [2.45, 2.75) is 6.42 Å². The topological polar surface area (TPSA) is 110 Å². The molecule has 1 aromatic rings. The average Bonchev–Trinajstić information content (AvgIpc) is 2.80. The number of hydrogen-bond acceptors (Lipinski definition) is 4. The molecule has 7 heteroatoms. The fourth-order valence-electron chi connectivity index (χ4n) is 2.16. The van der Waals surface area contributed by atoms with Gasteiger partial charge in [0, 0.05) is 13.0 Å². The van der Waals surface area contributed by atoms with E-state index in [1.807, 2.05) is 0 Å². The third kappa shape index (κ3) is 2.42. The van der Waals surface area contributed by atoms with Crippen LogP contribution >= 0.6 is 0 Å². The predicted molar refractivity (Wildman–Crippen MR) is 69.6 cm³/mol. The molecule has 7 nitrogen and oxygen atoms in total. The summed E-state index contributed by atoms with van der Waals surface area (Å²) in [6.45, 7) is 0.178. The summed E-state index contributed by atoms with van der Waals surface area (Å²) in [6, 6.07) is 4.21. The van der Waals surface area contributed by atoms with E-state index in [0.29, 0.717) is 5.69 Å². The van der Waals surface area contributed by atoms with Crippen LogP contribution in [0.3, 0.4) is 0 Å². The molecule has 2 rings (SSSR count). The number of nitrogens with zero attached hydrogens (tertiary/aromatic N) is 1. The highest BCUT2D eigenvalue weighted by Gasteiger charge is 2.35. The van der Waals surface area contributed by atoms with E-state index in [4.69, 9.17) is 15.6 Å². The number of carboxylic acid groups (broad SMARTS) is 1. The number of nitrogens with two attached hydrogens (primary N) is 1. The van der Waals surface area contributed by atoms with Gasteiger partial charge in [-0.15, -0.1) is 0 Å². The van der Waals surface area contributed by atoms with Gasteiger partial charge >= 0.3 is 5.97 Å². The molecule has 1 heterocycles. The van der Waals surface area contributed by atoms with Crippen molar-refractivity contribution in [1.82, 2.24) is 0 Å². The lowest BCUT2D eigenvalue weighted by molar-refractivity contribution is -0.123. The van der Waals surface area contributed by atoms with Crippen molar-refractivity contribution >= 4 is 23.5 Å². The number of rotatable bonds is 4. The molecule has 1 aromatic carbocycles. The van der Waals surface area contributed by atoms with Crippen molar-refractivity contribution in [3.8, 4) is 5.75 Å². The van der Waals surface area contributed by atoms with Crippen LogP contribution in [0, 0.1) is 5.92 Å². The maximum atomic E-state index is 11.9. The van der Waals surface area contributed by atoms with Gasteiger partial charge in [0.15, 0.2) is 0 Å². The average molecular weight is 278 g/mol. The normalized spacial score (nSPS) is 18.1. The zero-order valence-electron chi connectivity index (χ0n) is 10.8. The molecule has 1 aliphatic rings. The summed E-state index contributed by atoms with van der Waals surface area (Å²) in [5, 5.41) is 8.93. The summed E-state index contributed by atoms with van der Waals surface area (Å²) in [6.07, 6.45) is 0.0547. The van der Waals surface area contributed by atoms with Gasteiger partial charge in [0.1, 0.15) is 5.75 Å². The van der Waals surface area contributed by atoms with E-state index in [9.17, 15) is 14.4 Å². The quantitative estimate of drug-likeness (QED) is 0.819. The van der Waals surface area contributed by atoms with Gasteiger partial charge < -0.3 is 20.5 Å². The van der Waals surface area contributed by atoms with Crippen molar-refractivity contribution in [1.29, 1.82) is 0 Å². The highest BCUT2D eigenvalue weighted by molar-refractivity contribution is 6.01. The molecule has 2 amide bonds. The number of carbonyl (C=O) groups excluding carboxylic acids is 2. The Balaban J connectivity index is 2.35. The Morgan fingerprint density at radius 1 is 1.45 bits per heavy atom. The molecule has 0 spiro atoms. The van der Waals surface area contributed by atoms with E-state index in [0.717, 1.165) is 0 Å². The SMILES string of the molecule is COc1cc(C(=O)O)ccc1N1CC(C(N)=O)CC1=O. The molecular weight excluding hydrogens is 264 g/mol. The lowest BCUT2D eigenvalue weighted by Gasteiger charge is -2.19. The van der Waals surface area contributed by atoms with E-state index in [2.05, 4.69) is 0 Å². The molecule has 1 atom stereocenters. The van der Waals surface area contributed by atoms with E-state index >= 15 is 0 Å². The van der Waals surface area contributed by atoms with Gasteiger partial charge in [-0.1, -0.05) is 0 Å². The molecule has 1 saturated heterocycles. The Hall–Kier alpha value is -2.57. The third-order valence-corrected chi connectivity index (χ3v) is 3.24. The number of carboxylic acids is 1. The summed E-state index contributed by atoms with van der Waals surface area (Å²) in [7, 11) is 1.39. The molecule has 106 valence electrons. The smallest absolute Gasteiger partial charge is 0.335 e. The fraction of sp³-hybridized carbons (Fsp3) is 0.308. The number of amides is 2.